The second kappa shape index (κ2) is 6.02. The van der Waals surface area contributed by atoms with Gasteiger partial charge in [0.2, 0.25) is 0 Å². The molecule has 2 aliphatic carbocycles. The molecule has 94 valence electrons. The Morgan fingerprint density at radius 3 is 2.62 bits per heavy atom. The van der Waals surface area contributed by atoms with Gasteiger partial charge in [-0.25, -0.2) is 0 Å². The molecule has 2 unspecified atom stereocenters. The van der Waals surface area contributed by atoms with Crippen LogP contribution >= 0.6 is 0 Å². The predicted molar refractivity (Wildman–Crippen MR) is 67.4 cm³/mol. The number of aliphatic hydroxyl groups excluding tert-OH is 1. The number of hydrogen-bond acceptors (Lipinski definition) is 2. The van der Waals surface area contributed by atoms with E-state index in [1.807, 2.05) is 0 Å². The van der Waals surface area contributed by atoms with Crippen LogP contribution in [0.5, 0.6) is 0 Å². The molecule has 0 aromatic carbocycles. The highest BCUT2D eigenvalue weighted by Crippen LogP contribution is 2.28. The van der Waals surface area contributed by atoms with Gasteiger partial charge in [-0.05, 0) is 31.6 Å². The molecule has 0 bridgehead atoms. The Labute approximate surface area is 99.8 Å². The largest absolute Gasteiger partial charge is 0.392 e. The zero-order valence-electron chi connectivity index (χ0n) is 10.6. The molecule has 0 aromatic rings. The van der Waals surface area contributed by atoms with Crippen molar-refractivity contribution < 1.29 is 5.11 Å². The second-order valence-electron chi connectivity index (χ2n) is 5.76. The monoisotopic (exact) mass is 225 g/mol. The van der Waals surface area contributed by atoms with E-state index in [0.29, 0.717) is 12.1 Å². The zero-order valence-corrected chi connectivity index (χ0v) is 10.6. The minimum atomic E-state index is -0.0873. The standard InChI is InChI=1S/C14H27NO/c1-2-11-6-5-7-12(10-11)15-13-8-3-4-9-14(13)16/h11-16H,2-10H2,1H3/t11?,12?,13-,14-/m1/s1. The van der Waals surface area contributed by atoms with Gasteiger partial charge in [-0.1, -0.05) is 39.0 Å². The van der Waals surface area contributed by atoms with E-state index in [0.717, 1.165) is 12.3 Å². The van der Waals surface area contributed by atoms with Crippen LogP contribution in [0.25, 0.3) is 0 Å². The van der Waals surface area contributed by atoms with Crippen LogP contribution in [0.3, 0.4) is 0 Å². The first-order chi connectivity index (χ1) is 7.79. The maximum absolute atomic E-state index is 9.96. The molecule has 16 heavy (non-hydrogen) atoms. The smallest absolute Gasteiger partial charge is 0.0693 e. The molecule has 2 saturated carbocycles. The summed E-state index contributed by atoms with van der Waals surface area (Å²) in [7, 11) is 0. The van der Waals surface area contributed by atoms with Crippen LogP contribution in [0.2, 0.25) is 0 Å². The summed E-state index contributed by atoms with van der Waals surface area (Å²) in [5.74, 6) is 0.923. The van der Waals surface area contributed by atoms with Gasteiger partial charge in [0.15, 0.2) is 0 Å². The van der Waals surface area contributed by atoms with Gasteiger partial charge in [0.05, 0.1) is 6.10 Å². The number of rotatable bonds is 3. The van der Waals surface area contributed by atoms with Gasteiger partial charge in [0.1, 0.15) is 0 Å². The summed E-state index contributed by atoms with van der Waals surface area (Å²) in [4.78, 5) is 0. The van der Waals surface area contributed by atoms with Gasteiger partial charge in [-0.3, -0.25) is 0 Å². The minimum Gasteiger partial charge on any atom is -0.392 e. The molecule has 0 saturated heterocycles. The van der Waals surface area contributed by atoms with Crippen LogP contribution in [0.4, 0.5) is 0 Å². The zero-order chi connectivity index (χ0) is 11.4. The lowest BCUT2D eigenvalue weighted by Gasteiger charge is -2.36. The summed E-state index contributed by atoms with van der Waals surface area (Å²) >= 11 is 0. The lowest BCUT2D eigenvalue weighted by Crippen LogP contribution is -2.48. The summed E-state index contributed by atoms with van der Waals surface area (Å²) < 4.78 is 0. The van der Waals surface area contributed by atoms with Crippen LogP contribution in [-0.4, -0.2) is 23.3 Å². The Morgan fingerprint density at radius 2 is 1.88 bits per heavy atom. The third-order valence-electron chi connectivity index (χ3n) is 4.54. The van der Waals surface area contributed by atoms with Crippen molar-refractivity contribution in [1.29, 1.82) is 0 Å². The van der Waals surface area contributed by atoms with Gasteiger partial charge in [-0.15, -0.1) is 0 Å². The second-order valence-corrected chi connectivity index (χ2v) is 5.76. The molecule has 2 heteroatoms. The maximum Gasteiger partial charge on any atom is 0.0693 e. The Morgan fingerprint density at radius 1 is 1.06 bits per heavy atom. The molecule has 0 radical (unpaired) electrons. The summed E-state index contributed by atoms with van der Waals surface area (Å²) in [6, 6.07) is 1.06. The average molecular weight is 225 g/mol. The fourth-order valence-electron chi connectivity index (χ4n) is 3.42. The molecule has 0 aliphatic heterocycles. The first-order valence-corrected chi connectivity index (χ1v) is 7.23. The minimum absolute atomic E-state index is 0.0873. The molecule has 2 nitrogen and oxygen atoms in total. The Bertz CT molecular complexity index is 207. The van der Waals surface area contributed by atoms with Crippen molar-refractivity contribution in [2.24, 2.45) is 5.92 Å². The molecule has 2 aliphatic rings. The molecule has 2 fully saturated rings. The molecule has 0 aromatic heterocycles. The lowest BCUT2D eigenvalue weighted by molar-refractivity contribution is 0.0786. The van der Waals surface area contributed by atoms with Crippen molar-refractivity contribution in [1.82, 2.24) is 5.32 Å². The van der Waals surface area contributed by atoms with E-state index < -0.39 is 0 Å². The Balaban J connectivity index is 1.79. The van der Waals surface area contributed by atoms with Crippen LogP contribution in [-0.2, 0) is 0 Å². The third-order valence-corrected chi connectivity index (χ3v) is 4.54. The molecular weight excluding hydrogens is 198 g/mol. The van der Waals surface area contributed by atoms with Crippen molar-refractivity contribution in [3.05, 3.63) is 0 Å². The van der Waals surface area contributed by atoms with E-state index in [2.05, 4.69) is 12.2 Å². The van der Waals surface area contributed by atoms with E-state index in [1.165, 1.54) is 51.4 Å². The van der Waals surface area contributed by atoms with E-state index in [1.54, 1.807) is 0 Å². The number of hydrogen-bond donors (Lipinski definition) is 2. The first-order valence-electron chi connectivity index (χ1n) is 7.23. The lowest BCUT2D eigenvalue weighted by atomic mass is 9.83. The van der Waals surface area contributed by atoms with Gasteiger partial charge in [0, 0.05) is 12.1 Å². The van der Waals surface area contributed by atoms with Gasteiger partial charge in [-0.2, -0.15) is 0 Å². The summed E-state index contributed by atoms with van der Waals surface area (Å²) in [6.07, 6.45) is 11.4. The van der Waals surface area contributed by atoms with Crippen LogP contribution < -0.4 is 5.32 Å². The highest BCUT2D eigenvalue weighted by Gasteiger charge is 2.27. The van der Waals surface area contributed by atoms with E-state index in [9.17, 15) is 5.11 Å². The number of nitrogens with one attached hydrogen (secondary N) is 1. The average Bonchev–Trinajstić information content (AvgIpc) is 2.32. The highest BCUT2D eigenvalue weighted by atomic mass is 16.3. The fourth-order valence-corrected chi connectivity index (χ4v) is 3.42. The molecule has 4 atom stereocenters. The van der Waals surface area contributed by atoms with Gasteiger partial charge >= 0.3 is 0 Å². The summed E-state index contributed by atoms with van der Waals surface area (Å²) in [5.41, 5.74) is 0. The Kier molecular flexibility index (Phi) is 4.66. The van der Waals surface area contributed by atoms with Crippen molar-refractivity contribution in [3.63, 3.8) is 0 Å². The third kappa shape index (κ3) is 3.21. The summed E-state index contributed by atoms with van der Waals surface area (Å²) in [6.45, 7) is 2.31. The van der Waals surface area contributed by atoms with Crippen LogP contribution in [0.15, 0.2) is 0 Å². The topological polar surface area (TPSA) is 32.3 Å². The van der Waals surface area contributed by atoms with E-state index in [4.69, 9.17) is 0 Å². The van der Waals surface area contributed by atoms with Crippen molar-refractivity contribution in [2.75, 3.05) is 0 Å². The molecule has 0 amide bonds. The van der Waals surface area contributed by atoms with E-state index in [-0.39, 0.29) is 6.10 Å². The van der Waals surface area contributed by atoms with Crippen molar-refractivity contribution in [3.8, 4) is 0 Å². The van der Waals surface area contributed by atoms with Crippen LogP contribution in [0.1, 0.15) is 64.7 Å². The SMILES string of the molecule is CCC1CCCC(N[C@@H]2CCCC[C@H]2O)C1. The van der Waals surface area contributed by atoms with Gasteiger partial charge < -0.3 is 10.4 Å². The highest BCUT2D eigenvalue weighted by molar-refractivity contribution is 4.86. The normalized spacial score (nSPS) is 40.9. The molecule has 0 spiro atoms. The molecule has 2 rings (SSSR count). The van der Waals surface area contributed by atoms with Crippen molar-refractivity contribution >= 4 is 0 Å². The molecular formula is C14H27NO. The van der Waals surface area contributed by atoms with Crippen LogP contribution in [0, 0.1) is 5.92 Å². The first kappa shape index (κ1) is 12.4. The van der Waals surface area contributed by atoms with Gasteiger partial charge in [0.25, 0.3) is 0 Å². The maximum atomic E-state index is 9.96. The molecule has 2 N–H and O–H groups in total. The number of aliphatic hydroxyl groups is 1. The quantitative estimate of drug-likeness (QED) is 0.774. The summed E-state index contributed by atoms with van der Waals surface area (Å²) in [5, 5.41) is 13.7. The van der Waals surface area contributed by atoms with Crippen molar-refractivity contribution in [2.45, 2.75) is 82.9 Å². The van der Waals surface area contributed by atoms with E-state index >= 15 is 0 Å². The Hall–Kier alpha value is -0.0800. The fraction of sp³-hybridized carbons (Fsp3) is 1.00. The predicted octanol–water partition coefficient (Wildman–Crippen LogP) is 2.85. The molecule has 0 heterocycles.